The molecule has 0 unspecified atom stereocenters. The second kappa shape index (κ2) is 8.72. The lowest BCUT2D eigenvalue weighted by Gasteiger charge is -2.09. The Bertz CT molecular complexity index is 842. The van der Waals surface area contributed by atoms with Gasteiger partial charge in [0.1, 0.15) is 30.5 Å². The molecule has 0 saturated heterocycles. The summed E-state index contributed by atoms with van der Waals surface area (Å²) in [5, 5.41) is 0. The Morgan fingerprint density at radius 1 is 0.731 bits per heavy atom. The van der Waals surface area contributed by atoms with Crippen LogP contribution in [0.5, 0.6) is 17.2 Å². The average Bonchev–Trinajstić information content (AvgIpc) is 2.68. The number of hydrogen-bond acceptors (Lipinski definition) is 4. The third-order valence-electron chi connectivity index (χ3n) is 3.75. The van der Waals surface area contributed by atoms with E-state index in [1.165, 1.54) is 0 Å². The largest absolute Gasteiger partial charge is 0.490 e. The summed E-state index contributed by atoms with van der Waals surface area (Å²) in [6, 6.07) is 23.9. The molecule has 3 rings (SSSR count). The van der Waals surface area contributed by atoms with Crippen molar-refractivity contribution < 1.29 is 19.0 Å². The summed E-state index contributed by atoms with van der Waals surface area (Å²) < 4.78 is 16.6. The topological polar surface area (TPSA) is 44.8 Å². The Morgan fingerprint density at radius 2 is 1.31 bits per heavy atom. The smallest absolute Gasteiger partial charge is 0.343 e. The second-order valence-corrected chi connectivity index (χ2v) is 5.69. The van der Waals surface area contributed by atoms with Crippen LogP contribution in [-0.2, 0) is 0 Å². The normalized spacial score (nSPS) is 10.2. The average molecular weight is 348 g/mol. The van der Waals surface area contributed by atoms with Crippen LogP contribution < -0.4 is 14.2 Å². The molecule has 3 aromatic rings. The van der Waals surface area contributed by atoms with Crippen molar-refractivity contribution in [3.63, 3.8) is 0 Å². The Labute approximate surface area is 153 Å². The molecule has 0 N–H and O–H groups in total. The third-order valence-corrected chi connectivity index (χ3v) is 3.75. The van der Waals surface area contributed by atoms with Gasteiger partial charge in [0.15, 0.2) is 0 Å². The molecule has 0 amide bonds. The van der Waals surface area contributed by atoms with E-state index in [-0.39, 0.29) is 0 Å². The van der Waals surface area contributed by atoms with Crippen molar-refractivity contribution in [2.45, 2.75) is 6.92 Å². The van der Waals surface area contributed by atoms with E-state index in [9.17, 15) is 4.79 Å². The van der Waals surface area contributed by atoms with Crippen molar-refractivity contribution in [3.05, 3.63) is 90.0 Å². The van der Waals surface area contributed by atoms with Crippen LogP contribution in [0.15, 0.2) is 78.9 Å². The minimum atomic E-state index is -0.390. The monoisotopic (exact) mass is 348 g/mol. The van der Waals surface area contributed by atoms with Crippen LogP contribution >= 0.6 is 0 Å². The van der Waals surface area contributed by atoms with Gasteiger partial charge in [0, 0.05) is 0 Å². The van der Waals surface area contributed by atoms with Gasteiger partial charge in [-0.25, -0.2) is 4.79 Å². The summed E-state index contributed by atoms with van der Waals surface area (Å²) in [6.07, 6.45) is 0. The third kappa shape index (κ3) is 4.86. The number of carbonyl (C=O) groups excluding carboxylic acids is 1. The quantitative estimate of drug-likeness (QED) is 0.353. The predicted octanol–water partition coefficient (Wildman–Crippen LogP) is 4.67. The standard InChI is InChI=1S/C22H20O4/c1-17-7-5-6-10-21(17)26-22(23)18-11-13-20(14-12-18)25-16-15-24-19-8-3-2-4-9-19/h2-14H,15-16H2,1H3. The van der Waals surface area contributed by atoms with E-state index in [0.717, 1.165) is 11.3 Å². The van der Waals surface area contributed by atoms with Gasteiger partial charge >= 0.3 is 5.97 Å². The minimum absolute atomic E-state index is 0.390. The highest BCUT2D eigenvalue weighted by Crippen LogP contribution is 2.19. The number of para-hydroxylation sites is 2. The zero-order valence-corrected chi connectivity index (χ0v) is 14.6. The van der Waals surface area contributed by atoms with Gasteiger partial charge in [0.05, 0.1) is 5.56 Å². The predicted molar refractivity (Wildman–Crippen MR) is 100 cm³/mol. The lowest BCUT2D eigenvalue weighted by atomic mass is 10.2. The van der Waals surface area contributed by atoms with Crippen molar-refractivity contribution in [1.29, 1.82) is 0 Å². The summed E-state index contributed by atoms with van der Waals surface area (Å²) >= 11 is 0. The number of benzene rings is 3. The van der Waals surface area contributed by atoms with E-state index in [1.54, 1.807) is 30.3 Å². The van der Waals surface area contributed by atoms with Crippen LogP contribution in [0.3, 0.4) is 0 Å². The van der Waals surface area contributed by atoms with Gasteiger partial charge in [-0.15, -0.1) is 0 Å². The molecule has 0 saturated carbocycles. The van der Waals surface area contributed by atoms with Crippen molar-refractivity contribution in [2.24, 2.45) is 0 Å². The zero-order valence-electron chi connectivity index (χ0n) is 14.6. The first-order valence-corrected chi connectivity index (χ1v) is 8.41. The number of aryl methyl sites for hydroxylation is 1. The first-order valence-electron chi connectivity index (χ1n) is 8.41. The Morgan fingerprint density at radius 3 is 1.96 bits per heavy atom. The number of rotatable bonds is 7. The highest BCUT2D eigenvalue weighted by atomic mass is 16.5. The van der Waals surface area contributed by atoms with Gasteiger partial charge in [-0.3, -0.25) is 0 Å². The van der Waals surface area contributed by atoms with Crippen LogP contribution in [0.2, 0.25) is 0 Å². The molecule has 132 valence electrons. The van der Waals surface area contributed by atoms with Crippen molar-refractivity contribution >= 4 is 5.97 Å². The zero-order chi connectivity index (χ0) is 18.2. The lowest BCUT2D eigenvalue weighted by molar-refractivity contribution is 0.0733. The van der Waals surface area contributed by atoms with Crippen LogP contribution in [0.4, 0.5) is 0 Å². The molecule has 0 fully saturated rings. The molecule has 4 nitrogen and oxygen atoms in total. The molecule has 0 aliphatic carbocycles. The van der Waals surface area contributed by atoms with Crippen LogP contribution in [0, 0.1) is 6.92 Å². The van der Waals surface area contributed by atoms with Gasteiger partial charge < -0.3 is 14.2 Å². The highest BCUT2D eigenvalue weighted by molar-refractivity contribution is 5.91. The lowest BCUT2D eigenvalue weighted by Crippen LogP contribution is -2.10. The van der Waals surface area contributed by atoms with Gasteiger partial charge in [0.2, 0.25) is 0 Å². The highest BCUT2D eigenvalue weighted by Gasteiger charge is 2.10. The van der Waals surface area contributed by atoms with Crippen LogP contribution in [0.25, 0.3) is 0 Å². The number of esters is 1. The first-order chi connectivity index (χ1) is 12.7. The van der Waals surface area contributed by atoms with E-state index in [0.29, 0.717) is 30.3 Å². The molecule has 0 spiro atoms. The Balaban J connectivity index is 1.48. The van der Waals surface area contributed by atoms with Crippen molar-refractivity contribution in [1.82, 2.24) is 0 Å². The molecule has 26 heavy (non-hydrogen) atoms. The molecule has 3 aromatic carbocycles. The molecular formula is C22H20O4. The Kier molecular flexibility index (Phi) is 5.88. The van der Waals surface area contributed by atoms with Crippen LogP contribution in [-0.4, -0.2) is 19.2 Å². The number of ether oxygens (including phenoxy) is 3. The maximum absolute atomic E-state index is 12.2. The fraction of sp³-hybridized carbons (Fsp3) is 0.136. The summed E-state index contributed by atoms with van der Waals surface area (Å²) in [6.45, 7) is 2.76. The molecule has 0 bridgehead atoms. The minimum Gasteiger partial charge on any atom is -0.490 e. The van der Waals surface area contributed by atoms with Gasteiger partial charge in [-0.1, -0.05) is 36.4 Å². The van der Waals surface area contributed by atoms with E-state index < -0.39 is 5.97 Å². The summed E-state index contributed by atoms with van der Waals surface area (Å²) in [5.74, 6) is 1.66. The number of carbonyl (C=O) groups is 1. The number of hydrogen-bond donors (Lipinski definition) is 0. The molecule has 0 aliphatic rings. The van der Waals surface area contributed by atoms with Gasteiger partial charge in [-0.05, 0) is 55.0 Å². The van der Waals surface area contributed by atoms with Gasteiger partial charge in [0.25, 0.3) is 0 Å². The SMILES string of the molecule is Cc1ccccc1OC(=O)c1ccc(OCCOc2ccccc2)cc1. The molecule has 0 aromatic heterocycles. The van der Waals surface area contributed by atoms with E-state index in [4.69, 9.17) is 14.2 Å². The summed E-state index contributed by atoms with van der Waals surface area (Å²) in [7, 11) is 0. The Hall–Kier alpha value is -3.27. The van der Waals surface area contributed by atoms with E-state index >= 15 is 0 Å². The molecular weight excluding hydrogens is 328 g/mol. The maximum atomic E-state index is 12.2. The summed E-state index contributed by atoms with van der Waals surface area (Å²) in [4.78, 5) is 12.2. The van der Waals surface area contributed by atoms with Crippen LogP contribution in [0.1, 0.15) is 15.9 Å². The molecule has 0 radical (unpaired) electrons. The molecule has 4 heteroatoms. The van der Waals surface area contributed by atoms with Crippen molar-refractivity contribution in [3.8, 4) is 17.2 Å². The fourth-order valence-electron chi connectivity index (χ4n) is 2.35. The molecule has 0 atom stereocenters. The fourth-order valence-corrected chi connectivity index (χ4v) is 2.35. The van der Waals surface area contributed by atoms with Gasteiger partial charge in [-0.2, -0.15) is 0 Å². The molecule has 0 heterocycles. The molecule has 0 aliphatic heterocycles. The van der Waals surface area contributed by atoms with E-state index in [2.05, 4.69) is 0 Å². The first kappa shape index (κ1) is 17.5. The van der Waals surface area contributed by atoms with E-state index in [1.807, 2.05) is 55.5 Å². The van der Waals surface area contributed by atoms with Crippen molar-refractivity contribution in [2.75, 3.05) is 13.2 Å². The maximum Gasteiger partial charge on any atom is 0.343 e. The second-order valence-electron chi connectivity index (χ2n) is 5.69. The summed E-state index contributed by atoms with van der Waals surface area (Å²) in [5.41, 5.74) is 1.39.